The van der Waals surface area contributed by atoms with Gasteiger partial charge in [-0.25, -0.2) is 9.78 Å². The molecule has 0 saturated carbocycles. The van der Waals surface area contributed by atoms with Gasteiger partial charge >= 0.3 is 6.09 Å². The second-order valence-electron chi connectivity index (χ2n) is 4.82. The van der Waals surface area contributed by atoms with Crippen LogP contribution in [0.15, 0.2) is 12.4 Å². The van der Waals surface area contributed by atoms with Crippen molar-refractivity contribution in [2.75, 3.05) is 6.54 Å². The van der Waals surface area contributed by atoms with Crippen LogP contribution in [-0.4, -0.2) is 43.5 Å². The van der Waals surface area contributed by atoms with E-state index in [2.05, 4.69) is 4.98 Å². The van der Waals surface area contributed by atoms with Crippen LogP contribution < -0.4 is 0 Å². The minimum absolute atomic E-state index is 0.191. The number of carbonyl (C=O) groups excluding carboxylic acids is 1. The molecule has 0 unspecified atom stereocenters. The Morgan fingerprint density at radius 2 is 2.06 bits per heavy atom. The molecular formula is C11H17N3O3. The lowest BCUT2D eigenvalue weighted by Gasteiger charge is -2.32. The standard InChI is InChI=1S/C11H17N3O3/c1-11(2,3)14(10(16)17)7-8(15)9-12-5-6-13(9)4/h5-6H,7H2,1-4H3,(H,16,17). The number of imidazole rings is 1. The Hall–Kier alpha value is -1.85. The van der Waals surface area contributed by atoms with Gasteiger partial charge in [0.1, 0.15) is 0 Å². The quantitative estimate of drug-likeness (QED) is 0.808. The van der Waals surface area contributed by atoms with E-state index in [0.29, 0.717) is 0 Å². The van der Waals surface area contributed by atoms with Crippen LogP contribution in [-0.2, 0) is 7.05 Å². The van der Waals surface area contributed by atoms with E-state index in [-0.39, 0.29) is 18.2 Å². The Morgan fingerprint density at radius 3 is 2.41 bits per heavy atom. The number of hydrogen-bond donors (Lipinski definition) is 1. The monoisotopic (exact) mass is 239 g/mol. The molecule has 0 aliphatic carbocycles. The fourth-order valence-electron chi connectivity index (χ4n) is 1.44. The van der Waals surface area contributed by atoms with E-state index in [1.54, 1.807) is 38.6 Å². The van der Waals surface area contributed by atoms with Crippen LogP contribution >= 0.6 is 0 Å². The first-order valence-electron chi connectivity index (χ1n) is 5.24. The van der Waals surface area contributed by atoms with Gasteiger partial charge in [0.2, 0.25) is 5.78 Å². The highest BCUT2D eigenvalue weighted by molar-refractivity contribution is 5.96. The van der Waals surface area contributed by atoms with Gasteiger partial charge in [0.15, 0.2) is 5.82 Å². The number of carboxylic acid groups (broad SMARTS) is 1. The smallest absolute Gasteiger partial charge is 0.408 e. The van der Waals surface area contributed by atoms with Crippen molar-refractivity contribution >= 4 is 11.9 Å². The molecule has 0 radical (unpaired) electrons. The Bertz CT molecular complexity index is 431. The maximum absolute atomic E-state index is 11.9. The van der Waals surface area contributed by atoms with Crippen molar-refractivity contribution in [1.29, 1.82) is 0 Å². The van der Waals surface area contributed by atoms with E-state index in [1.807, 2.05) is 0 Å². The lowest BCUT2D eigenvalue weighted by molar-refractivity contribution is 0.0756. The summed E-state index contributed by atoms with van der Waals surface area (Å²) in [4.78, 5) is 28.0. The highest BCUT2D eigenvalue weighted by Gasteiger charge is 2.29. The predicted molar refractivity (Wildman–Crippen MR) is 62.0 cm³/mol. The third-order valence-electron chi connectivity index (χ3n) is 2.41. The van der Waals surface area contributed by atoms with Crippen molar-refractivity contribution in [1.82, 2.24) is 14.5 Å². The molecule has 1 aromatic rings. The van der Waals surface area contributed by atoms with Crippen LogP contribution in [0.25, 0.3) is 0 Å². The average molecular weight is 239 g/mol. The molecule has 1 rings (SSSR count). The summed E-state index contributed by atoms with van der Waals surface area (Å²) < 4.78 is 1.57. The first kappa shape index (κ1) is 13.2. The van der Waals surface area contributed by atoms with E-state index in [9.17, 15) is 9.59 Å². The molecule has 1 amide bonds. The summed E-state index contributed by atoms with van der Waals surface area (Å²) in [6.45, 7) is 5.04. The maximum atomic E-state index is 11.9. The lowest BCUT2D eigenvalue weighted by atomic mass is 10.1. The van der Waals surface area contributed by atoms with Gasteiger partial charge in [-0.05, 0) is 20.8 Å². The van der Waals surface area contributed by atoms with Crippen LogP contribution in [0.2, 0.25) is 0 Å². The molecule has 0 bridgehead atoms. The number of rotatable bonds is 3. The number of Topliss-reactive ketones (excluding diaryl/α,β-unsaturated/α-hetero) is 1. The SMILES string of the molecule is Cn1ccnc1C(=O)CN(C(=O)O)C(C)(C)C. The van der Waals surface area contributed by atoms with Gasteiger partial charge in [-0.1, -0.05) is 0 Å². The van der Waals surface area contributed by atoms with Gasteiger partial charge < -0.3 is 9.67 Å². The zero-order valence-electron chi connectivity index (χ0n) is 10.5. The minimum atomic E-state index is -1.11. The number of hydrogen-bond acceptors (Lipinski definition) is 3. The highest BCUT2D eigenvalue weighted by atomic mass is 16.4. The molecule has 0 aliphatic heterocycles. The molecule has 1 N–H and O–H groups in total. The largest absolute Gasteiger partial charge is 0.465 e. The third kappa shape index (κ3) is 3.05. The molecule has 0 aromatic carbocycles. The number of carbonyl (C=O) groups is 2. The fraction of sp³-hybridized carbons (Fsp3) is 0.545. The van der Waals surface area contributed by atoms with Crippen molar-refractivity contribution in [3.8, 4) is 0 Å². The summed E-state index contributed by atoms with van der Waals surface area (Å²) in [6, 6.07) is 0. The van der Waals surface area contributed by atoms with Crippen LogP contribution in [0.1, 0.15) is 31.4 Å². The number of aryl methyl sites for hydroxylation is 1. The first-order valence-corrected chi connectivity index (χ1v) is 5.24. The summed E-state index contributed by atoms with van der Waals surface area (Å²) >= 11 is 0. The van der Waals surface area contributed by atoms with Crippen LogP contribution in [0, 0.1) is 0 Å². The molecule has 6 nitrogen and oxygen atoms in total. The normalized spacial score (nSPS) is 11.3. The summed E-state index contributed by atoms with van der Waals surface area (Å²) in [5.74, 6) is -0.0460. The zero-order valence-corrected chi connectivity index (χ0v) is 10.5. The summed E-state index contributed by atoms with van der Waals surface area (Å²) in [6.07, 6.45) is 2.05. The third-order valence-corrected chi connectivity index (χ3v) is 2.41. The Labute approximate surface area is 99.9 Å². The molecular weight excluding hydrogens is 222 g/mol. The topological polar surface area (TPSA) is 75.4 Å². The molecule has 0 aliphatic rings. The molecule has 0 saturated heterocycles. The molecule has 94 valence electrons. The molecule has 6 heteroatoms. The van der Waals surface area contributed by atoms with E-state index >= 15 is 0 Å². The number of aromatic nitrogens is 2. The van der Waals surface area contributed by atoms with Gasteiger partial charge in [0.05, 0.1) is 6.54 Å². The van der Waals surface area contributed by atoms with Gasteiger partial charge in [-0.3, -0.25) is 9.69 Å². The van der Waals surface area contributed by atoms with E-state index in [1.165, 1.54) is 6.20 Å². The van der Waals surface area contributed by atoms with E-state index < -0.39 is 11.6 Å². The van der Waals surface area contributed by atoms with Crippen LogP contribution in [0.4, 0.5) is 4.79 Å². The van der Waals surface area contributed by atoms with Gasteiger partial charge in [-0.15, -0.1) is 0 Å². The second kappa shape index (κ2) is 4.57. The molecule has 0 atom stereocenters. The summed E-state index contributed by atoms with van der Waals surface area (Å²) in [5.41, 5.74) is -0.618. The van der Waals surface area contributed by atoms with Gasteiger partial charge in [0.25, 0.3) is 0 Å². The van der Waals surface area contributed by atoms with Crippen molar-refractivity contribution in [2.24, 2.45) is 7.05 Å². The van der Waals surface area contributed by atoms with Gasteiger partial charge in [-0.2, -0.15) is 0 Å². The Kier molecular flexibility index (Phi) is 3.55. The highest BCUT2D eigenvalue weighted by Crippen LogP contribution is 2.14. The van der Waals surface area contributed by atoms with Crippen molar-refractivity contribution in [3.05, 3.63) is 18.2 Å². The summed E-state index contributed by atoms with van der Waals surface area (Å²) in [7, 11) is 1.70. The average Bonchev–Trinajstić information content (AvgIpc) is 2.58. The van der Waals surface area contributed by atoms with Crippen LogP contribution in [0.3, 0.4) is 0 Å². The van der Waals surface area contributed by atoms with Crippen molar-refractivity contribution < 1.29 is 14.7 Å². The molecule has 17 heavy (non-hydrogen) atoms. The molecule has 1 heterocycles. The molecule has 0 fully saturated rings. The summed E-state index contributed by atoms with van der Waals surface area (Å²) in [5, 5.41) is 9.07. The number of nitrogens with zero attached hydrogens (tertiary/aromatic N) is 3. The van der Waals surface area contributed by atoms with E-state index in [4.69, 9.17) is 5.11 Å². The van der Waals surface area contributed by atoms with Crippen molar-refractivity contribution in [3.63, 3.8) is 0 Å². The Morgan fingerprint density at radius 1 is 1.47 bits per heavy atom. The van der Waals surface area contributed by atoms with Crippen molar-refractivity contribution in [2.45, 2.75) is 26.3 Å². The van der Waals surface area contributed by atoms with Gasteiger partial charge in [0, 0.05) is 25.0 Å². The fourth-order valence-corrected chi connectivity index (χ4v) is 1.44. The van der Waals surface area contributed by atoms with E-state index in [0.717, 1.165) is 4.90 Å². The van der Waals surface area contributed by atoms with Crippen LogP contribution in [0.5, 0.6) is 0 Å². The second-order valence-corrected chi connectivity index (χ2v) is 4.82. The zero-order chi connectivity index (χ0) is 13.2. The number of ketones is 1. The first-order chi connectivity index (χ1) is 7.73. The number of amides is 1. The predicted octanol–water partition coefficient (Wildman–Crippen LogP) is 1.38. The molecule has 0 spiro atoms. The lowest BCUT2D eigenvalue weighted by Crippen LogP contribution is -2.47. The molecule has 1 aromatic heterocycles. The minimum Gasteiger partial charge on any atom is -0.465 e. The maximum Gasteiger partial charge on any atom is 0.408 e. The Balaban J connectivity index is 2.86.